The second-order valence-electron chi connectivity index (χ2n) is 5.62. The molecular weight excluding hydrogens is 252 g/mol. The van der Waals surface area contributed by atoms with E-state index in [1.165, 1.54) is 5.56 Å². The first-order chi connectivity index (χ1) is 9.61. The number of likely N-dealkylation sites (N-methyl/N-ethyl adjacent to an activating group) is 1. The first-order valence-electron chi connectivity index (χ1n) is 7.03. The number of hydrogen-bond acceptors (Lipinski definition) is 4. The molecule has 2 unspecified atom stereocenters. The topological polar surface area (TPSA) is 65.1 Å². The van der Waals surface area contributed by atoms with Gasteiger partial charge in [-0.3, -0.25) is 4.90 Å². The maximum Gasteiger partial charge on any atom is 0.141 e. The van der Waals surface area contributed by atoms with Gasteiger partial charge in [-0.25, -0.2) is 0 Å². The number of benzene rings is 1. The molecule has 1 aliphatic rings. The highest BCUT2D eigenvalue weighted by molar-refractivity contribution is 5.80. The molecule has 0 spiro atoms. The lowest BCUT2D eigenvalue weighted by Gasteiger charge is -2.29. The van der Waals surface area contributed by atoms with E-state index < -0.39 is 0 Å². The molecule has 1 fully saturated rings. The summed E-state index contributed by atoms with van der Waals surface area (Å²) in [6, 6.07) is 11.1. The van der Waals surface area contributed by atoms with Crippen molar-refractivity contribution in [3.05, 3.63) is 35.9 Å². The van der Waals surface area contributed by atoms with E-state index in [1.807, 2.05) is 18.2 Å². The number of hydrogen-bond donors (Lipinski definition) is 2. The summed E-state index contributed by atoms with van der Waals surface area (Å²) in [5.74, 6) is 0.284. The molecule has 0 saturated carbocycles. The molecule has 5 heteroatoms. The largest absolute Gasteiger partial charge is 0.409 e. The molecular formula is C15H24N4O. The smallest absolute Gasteiger partial charge is 0.141 e. The van der Waals surface area contributed by atoms with Crippen LogP contribution < -0.4 is 5.73 Å². The Morgan fingerprint density at radius 2 is 2.15 bits per heavy atom. The van der Waals surface area contributed by atoms with E-state index in [0.29, 0.717) is 12.5 Å². The highest BCUT2D eigenvalue weighted by atomic mass is 16.4. The summed E-state index contributed by atoms with van der Waals surface area (Å²) in [4.78, 5) is 4.70. The molecule has 20 heavy (non-hydrogen) atoms. The number of likely N-dealkylation sites (tertiary alicyclic amines) is 1. The van der Waals surface area contributed by atoms with Crippen LogP contribution in [0.15, 0.2) is 35.5 Å². The Kier molecular flexibility index (Phi) is 4.98. The zero-order valence-corrected chi connectivity index (χ0v) is 12.2. The van der Waals surface area contributed by atoms with E-state index in [1.54, 1.807) is 0 Å². The molecule has 1 aliphatic heterocycles. The Hall–Kier alpha value is -1.59. The first kappa shape index (κ1) is 14.8. The van der Waals surface area contributed by atoms with Crippen molar-refractivity contribution in [1.82, 2.24) is 9.80 Å². The van der Waals surface area contributed by atoms with Gasteiger partial charge in [-0.15, -0.1) is 0 Å². The molecule has 110 valence electrons. The van der Waals surface area contributed by atoms with E-state index in [0.717, 1.165) is 19.5 Å². The van der Waals surface area contributed by atoms with Gasteiger partial charge in [-0.1, -0.05) is 35.5 Å². The van der Waals surface area contributed by atoms with Gasteiger partial charge in [0.25, 0.3) is 0 Å². The van der Waals surface area contributed by atoms with Gasteiger partial charge >= 0.3 is 0 Å². The number of rotatable bonds is 5. The van der Waals surface area contributed by atoms with E-state index in [9.17, 15) is 0 Å². The Balaban J connectivity index is 2.15. The zero-order chi connectivity index (χ0) is 14.5. The third-order valence-electron chi connectivity index (χ3n) is 4.08. The van der Waals surface area contributed by atoms with Crippen LogP contribution in [0.3, 0.4) is 0 Å². The SMILES string of the molecule is CN(C)C1CCN(C(CC(N)=NO)c2ccccc2)C1. The second-order valence-corrected chi connectivity index (χ2v) is 5.62. The van der Waals surface area contributed by atoms with Crippen LogP contribution in [0.1, 0.15) is 24.4 Å². The lowest BCUT2D eigenvalue weighted by Crippen LogP contribution is -2.34. The Labute approximate surface area is 120 Å². The number of oxime groups is 1. The van der Waals surface area contributed by atoms with E-state index in [2.05, 4.69) is 41.2 Å². The molecule has 1 saturated heterocycles. The summed E-state index contributed by atoms with van der Waals surface area (Å²) in [5.41, 5.74) is 6.96. The summed E-state index contributed by atoms with van der Waals surface area (Å²) in [6.45, 7) is 2.06. The van der Waals surface area contributed by atoms with Gasteiger partial charge in [0.05, 0.1) is 0 Å². The summed E-state index contributed by atoms with van der Waals surface area (Å²) in [7, 11) is 4.24. The Morgan fingerprint density at radius 1 is 1.45 bits per heavy atom. The lowest BCUT2D eigenvalue weighted by molar-refractivity contribution is 0.218. The van der Waals surface area contributed by atoms with Gasteiger partial charge in [0.2, 0.25) is 0 Å². The van der Waals surface area contributed by atoms with E-state index >= 15 is 0 Å². The fourth-order valence-electron chi connectivity index (χ4n) is 2.84. The van der Waals surface area contributed by atoms with Crippen LogP contribution >= 0.6 is 0 Å². The van der Waals surface area contributed by atoms with Gasteiger partial charge in [-0.2, -0.15) is 0 Å². The molecule has 5 nitrogen and oxygen atoms in total. The Bertz CT molecular complexity index is 446. The van der Waals surface area contributed by atoms with Gasteiger partial charge < -0.3 is 15.8 Å². The maximum absolute atomic E-state index is 8.85. The monoisotopic (exact) mass is 276 g/mol. The molecule has 0 radical (unpaired) electrons. The van der Waals surface area contributed by atoms with Crippen molar-refractivity contribution >= 4 is 5.84 Å². The zero-order valence-electron chi connectivity index (χ0n) is 12.2. The summed E-state index contributed by atoms with van der Waals surface area (Å²) < 4.78 is 0. The molecule has 2 atom stereocenters. The van der Waals surface area contributed by atoms with Crippen LogP contribution in [0, 0.1) is 0 Å². The average Bonchev–Trinajstić information content (AvgIpc) is 2.95. The van der Waals surface area contributed by atoms with Crippen LogP contribution in [0.2, 0.25) is 0 Å². The van der Waals surface area contributed by atoms with E-state index in [-0.39, 0.29) is 11.9 Å². The van der Waals surface area contributed by atoms with Crippen LogP contribution in [0.25, 0.3) is 0 Å². The second kappa shape index (κ2) is 6.72. The summed E-state index contributed by atoms with van der Waals surface area (Å²) in [5, 5.41) is 12.0. The first-order valence-corrected chi connectivity index (χ1v) is 7.03. The molecule has 0 aromatic heterocycles. The predicted molar refractivity (Wildman–Crippen MR) is 80.9 cm³/mol. The van der Waals surface area contributed by atoms with Crippen LogP contribution in [-0.2, 0) is 0 Å². The third kappa shape index (κ3) is 3.49. The minimum Gasteiger partial charge on any atom is -0.409 e. The number of amidine groups is 1. The van der Waals surface area contributed by atoms with Gasteiger partial charge in [0.1, 0.15) is 5.84 Å². The molecule has 1 heterocycles. The molecule has 3 N–H and O–H groups in total. The third-order valence-corrected chi connectivity index (χ3v) is 4.08. The average molecular weight is 276 g/mol. The highest BCUT2D eigenvalue weighted by Gasteiger charge is 2.30. The van der Waals surface area contributed by atoms with E-state index in [4.69, 9.17) is 10.9 Å². The van der Waals surface area contributed by atoms with Crippen LogP contribution in [0.4, 0.5) is 0 Å². The lowest BCUT2D eigenvalue weighted by atomic mass is 10.0. The quantitative estimate of drug-likeness (QED) is 0.370. The molecule has 0 bridgehead atoms. The van der Waals surface area contributed by atoms with Crippen LogP contribution in [0.5, 0.6) is 0 Å². The molecule has 0 amide bonds. The van der Waals surface area contributed by atoms with Gasteiger partial charge in [0, 0.05) is 31.6 Å². The van der Waals surface area contributed by atoms with Crippen molar-refractivity contribution in [2.24, 2.45) is 10.9 Å². The van der Waals surface area contributed by atoms with Crippen molar-refractivity contribution < 1.29 is 5.21 Å². The normalized spacial score (nSPS) is 22.4. The van der Waals surface area contributed by atoms with Crippen molar-refractivity contribution in [3.63, 3.8) is 0 Å². The van der Waals surface area contributed by atoms with Crippen molar-refractivity contribution in [1.29, 1.82) is 0 Å². The van der Waals surface area contributed by atoms with Gasteiger partial charge in [-0.05, 0) is 26.1 Å². The van der Waals surface area contributed by atoms with Crippen molar-refractivity contribution in [2.45, 2.75) is 24.9 Å². The van der Waals surface area contributed by atoms with Crippen molar-refractivity contribution in [3.8, 4) is 0 Å². The van der Waals surface area contributed by atoms with Crippen molar-refractivity contribution in [2.75, 3.05) is 27.2 Å². The predicted octanol–water partition coefficient (Wildman–Crippen LogP) is 1.50. The van der Waals surface area contributed by atoms with Gasteiger partial charge in [0.15, 0.2) is 0 Å². The molecule has 1 aromatic carbocycles. The molecule has 1 aromatic rings. The fourth-order valence-corrected chi connectivity index (χ4v) is 2.84. The fraction of sp³-hybridized carbons (Fsp3) is 0.533. The highest BCUT2D eigenvalue weighted by Crippen LogP contribution is 2.29. The summed E-state index contributed by atoms with van der Waals surface area (Å²) in [6.07, 6.45) is 1.72. The minimum atomic E-state index is 0.178. The minimum absolute atomic E-state index is 0.178. The number of nitrogens with two attached hydrogens (primary N) is 1. The molecule has 2 rings (SSSR count). The standard InChI is InChI=1S/C15H24N4O/c1-18(2)13-8-9-19(11-13)14(10-15(16)17-20)12-6-4-3-5-7-12/h3-7,13-14,20H,8-11H2,1-2H3,(H2,16,17). The van der Waals surface area contributed by atoms with Crippen LogP contribution in [-0.4, -0.2) is 54.1 Å². The molecule has 0 aliphatic carbocycles. The summed E-state index contributed by atoms with van der Waals surface area (Å²) >= 11 is 0. The maximum atomic E-state index is 8.85. The Morgan fingerprint density at radius 3 is 2.70 bits per heavy atom. The number of nitrogens with zero attached hydrogens (tertiary/aromatic N) is 3.